The van der Waals surface area contributed by atoms with Crippen LogP contribution in [0.3, 0.4) is 0 Å². The minimum absolute atomic E-state index is 0.0516. The minimum atomic E-state index is -1.18. The van der Waals surface area contributed by atoms with Crippen molar-refractivity contribution in [2.45, 2.75) is 44.8 Å². The van der Waals surface area contributed by atoms with E-state index in [0.717, 1.165) is 0 Å². The number of nitrogens with one attached hydrogen (secondary N) is 2. The Morgan fingerprint density at radius 2 is 1.64 bits per heavy atom. The molecule has 0 saturated heterocycles. The molecule has 6 N–H and O–H groups in total. The Bertz CT molecular complexity index is 666. The number of phenols is 1. The van der Waals surface area contributed by atoms with Crippen LogP contribution in [0.5, 0.6) is 5.75 Å². The zero-order valence-electron chi connectivity index (χ0n) is 16.3. The largest absolute Gasteiger partial charge is 0.508 e. The number of amides is 2. The fourth-order valence-electron chi connectivity index (χ4n) is 2.42. The molecule has 0 heterocycles. The fourth-order valence-corrected chi connectivity index (χ4v) is 2.89. The van der Waals surface area contributed by atoms with Crippen LogP contribution in [0.15, 0.2) is 24.3 Å². The summed E-state index contributed by atoms with van der Waals surface area (Å²) in [5.74, 6) is -1.60. The van der Waals surface area contributed by atoms with E-state index in [4.69, 9.17) is 5.73 Å². The number of aromatic hydroxyl groups is 1. The molecule has 0 saturated carbocycles. The summed E-state index contributed by atoms with van der Waals surface area (Å²) in [4.78, 5) is 36.5. The maximum Gasteiger partial charge on any atom is 0.326 e. The predicted molar refractivity (Wildman–Crippen MR) is 109 cm³/mol. The molecular formula is C19H29N3O5S. The zero-order valence-corrected chi connectivity index (χ0v) is 17.2. The van der Waals surface area contributed by atoms with Gasteiger partial charge in [0.25, 0.3) is 0 Å². The number of aliphatic carboxylic acids is 1. The molecule has 0 aliphatic rings. The van der Waals surface area contributed by atoms with E-state index in [1.165, 1.54) is 23.9 Å². The van der Waals surface area contributed by atoms with Gasteiger partial charge in [0.15, 0.2) is 0 Å². The van der Waals surface area contributed by atoms with Gasteiger partial charge in [0, 0.05) is 6.42 Å². The van der Waals surface area contributed by atoms with Crippen LogP contribution in [0.25, 0.3) is 0 Å². The second-order valence-corrected chi connectivity index (χ2v) is 7.87. The van der Waals surface area contributed by atoms with Crippen LogP contribution in [0.4, 0.5) is 0 Å². The Balaban J connectivity index is 2.84. The highest BCUT2D eigenvalue weighted by Gasteiger charge is 2.28. The van der Waals surface area contributed by atoms with E-state index in [1.54, 1.807) is 26.0 Å². The zero-order chi connectivity index (χ0) is 21.3. The molecule has 0 bridgehead atoms. The summed E-state index contributed by atoms with van der Waals surface area (Å²) in [5.41, 5.74) is 6.49. The lowest BCUT2D eigenvalue weighted by Gasteiger charge is -2.24. The van der Waals surface area contributed by atoms with Crippen LogP contribution in [0.2, 0.25) is 0 Å². The fraction of sp³-hybridized carbons (Fsp3) is 0.526. The Labute approximate surface area is 169 Å². The van der Waals surface area contributed by atoms with Crippen LogP contribution in [-0.4, -0.2) is 58.1 Å². The number of benzene rings is 1. The number of nitrogens with two attached hydrogens (primary N) is 1. The number of hydrogen-bond donors (Lipinski definition) is 5. The Hall–Kier alpha value is -2.26. The maximum atomic E-state index is 12.7. The number of carbonyl (C=O) groups excluding carboxylic acids is 2. The van der Waals surface area contributed by atoms with Gasteiger partial charge in [-0.1, -0.05) is 26.0 Å². The smallest absolute Gasteiger partial charge is 0.326 e. The number of carbonyl (C=O) groups is 3. The molecule has 0 fully saturated rings. The van der Waals surface area contributed by atoms with Crippen molar-refractivity contribution >= 4 is 29.5 Å². The predicted octanol–water partition coefficient (Wildman–Crippen LogP) is 0.725. The molecule has 0 aromatic heterocycles. The Kier molecular flexibility index (Phi) is 9.81. The van der Waals surface area contributed by atoms with Crippen LogP contribution < -0.4 is 16.4 Å². The van der Waals surface area contributed by atoms with E-state index in [0.29, 0.717) is 17.7 Å². The molecule has 0 aliphatic carbocycles. The van der Waals surface area contributed by atoms with Gasteiger partial charge in [-0.15, -0.1) is 0 Å². The second-order valence-electron chi connectivity index (χ2n) is 6.88. The van der Waals surface area contributed by atoms with Crippen molar-refractivity contribution in [1.82, 2.24) is 10.6 Å². The molecule has 156 valence electrons. The van der Waals surface area contributed by atoms with E-state index >= 15 is 0 Å². The van der Waals surface area contributed by atoms with E-state index in [-0.39, 0.29) is 18.1 Å². The van der Waals surface area contributed by atoms with E-state index in [1.807, 2.05) is 6.26 Å². The van der Waals surface area contributed by atoms with Crippen LogP contribution >= 0.6 is 11.8 Å². The van der Waals surface area contributed by atoms with Gasteiger partial charge in [-0.25, -0.2) is 4.79 Å². The Morgan fingerprint density at radius 3 is 2.14 bits per heavy atom. The van der Waals surface area contributed by atoms with E-state index in [9.17, 15) is 24.6 Å². The molecule has 1 aromatic carbocycles. The molecule has 1 rings (SSSR count). The summed E-state index contributed by atoms with van der Waals surface area (Å²) in [7, 11) is 0. The third-order valence-electron chi connectivity index (χ3n) is 4.26. The lowest BCUT2D eigenvalue weighted by atomic mass is 10.0. The molecule has 2 amide bonds. The molecule has 28 heavy (non-hydrogen) atoms. The molecule has 1 aromatic rings. The van der Waals surface area contributed by atoms with Crippen LogP contribution in [0, 0.1) is 5.92 Å². The molecule has 3 atom stereocenters. The summed E-state index contributed by atoms with van der Waals surface area (Å²) < 4.78 is 0. The van der Waals surface area contributed by atoms with Crippen molar-refractivity contribution in [2.75, 3.05) is 12.0 Å². The number of rotatable bonds is 11. The van der Waals surface area contributed by atoms with E-state index < -0.39 is 35.9 Å². The van der Waals surface area contributed by atoms with Gasteiger partial charge >= 0.3 is 5.97 Å². The lowest BCUT2D eigenvalue weighted by molar-refractivity contribution is -0.142. The van der Waals surface area contributed by atoms with E-state index in [2.05, 4.69) is 10.6 Å². The summed E-state index contributed by atoms with van der Waals surface area (Å²) in [6.07, 6.45) is 2.28. The normalized spacial score (nSPS) is 14.2. The van der Waals surface area contributed by atoms with Crippen molar-refractivity contribution in [1.29, 1.82) is 0 Å². The third-order valence-corrected chi connectivity index (χ3v) is 4.90. The number of hydrogen-bond acceptors (Lipinski definition) is 6. The topological polar surface area (TPSA) is 142 Å². The van der Waals surface area contributed by atoms with Crippen molar-refractivity contribution < 1.29 is 24.6 Å². The number of thioether (sulfide) groups is 1. The number of phenolic OH excluding ortho intramolecular Hbond substituents is 1. The average Bonchev–Trinajstić information content (AvgIpc) is 2.64. The van der Waals surface area contributed by atoms with Gasteiger partial charge in [-0.3, -0.25) is 9.59 Å². The summed E-state index contributed by atoms with van der Waals surface area (Å²) in [6.45, 7) is 3.61. The minimum Gasteiger partial charge on any atom is -0.508 e. The molecule has 0 spiro atoms. The highest BCUT2D eigenvalue weighted by atomic mass is 32.2. The first-order chi connectivity index (χ1) is 13.1. The second kappa shape index (κ2) is 11.6. The summed E-state index contributed by atoms with van der Waals surface area (Å²) in [6, 6.07) is 3.29. The van der Waals surface area contributed by atoms with Gasteiger partial charge in [0.2, 0.25) is 11.8 Å². The molecule has 0 aliphatic heterocycles. The summed E-state index contributed by atoms with van der Waals surface area (Å²) in [5, 5.41) is 23.9. The summed E-state index contributed by atoms with van der Waals surface area (Å²) >= 11 is 1.52. The molecular weight excluding hydrogens is 382 g/mol. The first-order valence-electron chi connectivity index (χ1n) is 9.01. The van der Waals surface area contributed by atoms with Crippen LogP contribution in [-0.2, 0) is 20.8 Å². The van der Waals surface area contributed by atoms with Crippen molar-refractivity contribution in [3.05, 3.63) is 29.8 Å². The van der Waals surface area contributed by atoms with Gasteiger partial charge in [-0.2, -0.15) is 11.8 Å². The Morgan fingerprint density at radius 1 is 1.07 bits per heavy atom. The quantitative estimate of drug-likeness (QED) is 0.361. The molecule has 0 radical (unpaired) electrons. The number of carboxylic acid groups (broad SMARTS) is 1. The molecule has 3 unspecified atom stereocenters. The van der Waals surface area contributed by atoms with Gasteiger partial charge in [-0.05, 0) is 42.0 Å². The number of carboxylic acids is 1. The van der Waals surface area contributed by atoms with Crippen molar-refractivity contribution in [2.24, 2.45) is 11.7 Å². The van der Waals surface area contributed by atoms with Gasteiger partial charge in [0.05, 0.1) is 6.04 Å². The highest BCUT2D eigenvalue weighted by molar-refractivity contribution is 7.98. The lowest BCUT2D eigenvalue weighted by Crippen LogP contribution is -2.55. The highest BCUT2D eigenvalue weighted by Crippen LogP contribution is 2.12. The van der Waals surface area contributed by atoms with Gasteiger partial charge < -0.3 is 26.6 Å². The van der Waals surface area contributed by atoms with Crippen LogP contribution in [0.1, 0.15) is 25.8 Å². The molecule has 9 heteroatoms. The van der Waals surface area contributed by atoms with Gasteiger partial charge in [0.1, 0.15) is 17.8 Å². The monoisotopic (exact) mass is 411 g/mol. The maximum absolute atomic E-state index is 12.7. The third kappa shape index (κ3) is 7.77. The standard InChI is InChI=1S/C19H29N3O5S/c1-11(2)16(20)18(25)21-14(8-9-28-3)17(24)22-15(19(26)27)10-12-4-6-13(23)7-5-12/h4-7,11,14-16,23H,8-10,20H2,1-3H3,(H,21,25)(H,22,24)(H,26,27). The first kappa shape index (κ1) is 23.8. The SMILES string of the molecule is CSCCC(NC(=O)C(N)C(C)C)C(=O)NC(Cc1ccc(O)cc1)C(=O)O. The van der Waals surface area contributed by atoms with Crippen molar-refractivity contribution in [3.63, 3.8) is 0 Å². The average molecular weight is 412 g/mol. The molecule has 8 nitrogen and oxygen atoms in total. The van der Waals surface area contributed by atoms with Crippen molar-refractivity contribution in [3.8, 4) is 5.75 Å². The first-order valence-corrected chi connectivity index (χ1v) is 10.4.